The second-order valence-corrected chi connectivity index (χ2v) is 5.82. The van der Waals surface area contributed by atoms with E-state index in [0.29, 0.717) is 27.6 Å². The SMILES string of the molecule is O=C(COc1ccccc1Cl)Oc1ccc(C(=O)c2ccccc2)cc1. The summed E-state index contributed by atoms with van der Waals surface area (Å²) in [4.78, 5) is 24.2. The lowest BCUT2D eigenvalue weighted by molar-refractivity contribution is -0.136. The van der Waals surface area contributed by atoms with Gasteiger partial charge in [-0.3, -0.25) is 4.79 Å². The number of esters is 1. The molecular formula is C21H15ClO4. The topological polar surface area (TPSA) is 52.6 Å². The van der Waals surface area contributed by atoms with E-state index in [2.05, 4.69) is 0 Å². The molecule has 130 valence electrons. The minimum Gasteiger partial charge on any atom is -0.480 e. The number of benzene rings is 3. The molecule has 0 saturated carbocycles. The van der Waals surface area contributed by atoms with E-state index in [1.165, 1.54) is 0 Å². The van der Waals surface area contributed by atoms with Crippen molar-refractivity contribution >= 4 is 23.4 Å². The van der Waals surface area contributed by atoms with Gasteiger partial charge in [0.1, 0.15) is 11.5 Å². The molecule has 3 rings (SSSR count). The van der Waals surface area contributed by atoms with Crippen molar-refractivity contribution in [3.8, 4) is 11.5 Å². The van der Waals surface area contributed by atoms with Gasteiger partial charge in [0.15, 0.2) is 12.4 Å². The summed E-state index contributed by atoms with van der Waals surface area (Å²) in [5.74, 6) is 0.0925. The summed E-state index contributed by atoms with van der Waals surface area (Å²) in [7, 11) is 0. The first-order chi connectivity index (χ1) is 12.6. The summed E-state index contributed by atoms with van der Waals surface area (Å²) in [6.45, 7) is -0.269. The largest absolute Gasteiger partial charge is 0.480 e. The summed E-state index contributed by atoms with van der Waals surface area (Å²) in [6.07, 6.45) is 0. The average molecular weight is 367 g/mol. The third-order valence-corrected chi connectivity index (χ3v) is 3.88. The van der Waals surface area contributed by atoms with E-state index in [1.54, 1.807) is 60.7 Å². The molecule has 3 aromatic carbocycles. The molecule has 0 atom stereocenters. The fraction of sp³-hybridized carbons (Fsp3) is 0.0476. The Hall–Kier alpha value is -3.11. The predicted octanol–water partition coefficient (Wildman–Crippen LogP) is 4.56. The number of rotatable bonds is 6. The second-order valence-electron chi connectivity index (χ2n) is 5.41. The maximum Gasteiger partial charge on any atom is 0.349 e. The Labute approximate surface area is 155 Å². The molecule has 0 radical (unpaired) electrons. The number of ether oxygens (including phenoxy) is 2. The summed E-state index contributed by atoms with van der Waals surface area (Å²) in [5, 5.41) is 0.420. The van der Waals surface area contributed by atoms with Crippen molar-refractivity contribution in [3.05, 3.63) is 95.0 Å². The molecule has 5 heteroatoms. The summed E-state index contributed by atoms with van der Waals surface area (Å²) in [6, 6.07) is 22.2. The van der Waals surface area contributed by atoms with Crippen LogP contribution >= 0.6 is 11.6 Å². The lowest BCUT2D eigenvalue weighted by Gasteiger charge is -2.08. The first-order valence-electron chi connectivity index (χ1n) is 7.91. The molecule has 0 fully saturated rings. The highest BCUT2D eigenvalue weighted by molar-refractivity contribution is 6.32. The predicted molar refractivity (Wildman–Crippen MR) is 98.9 cm³/mol. The Morgan fingerprint density at radius 1 is 0.769 bits per heavy atom. The molecule has 0 amide bonds. The first kappa shape index (κ1) is 17.7. The van der Waals surface area contributed by atoms with Gasteiger partial charge < -0.3 is 9.47 Å². The van der Waals surface area contributed by atoms with E-state index in [1.807, 2.05) is 18.2 Å². The monoisotopic (exact) mass is 366 g/mol. The molecule has 0 aromatic heterocycles. The molecule has 0 aliphatic rings. The lowest BCUT2D eigenvalue weighted by atomic mass is 10.0. The third kappa shape index (κ3) is 4.49. The average Bonchev–Trinajstić information content (AvgIpc) is 2.68. The number of carbonyl (C=O) groups is 2. The van der Waals surface area contributed by atoms with Crippen molar-refractivity contribution in [1.82, 2.24) is 0 Å². The maximum absolute atomic E-state index is 12.3. The highest BCUT2D eigenvalue weighted by atomic mass is 35.5. The van der Waals surface area contributed by atoms with Crippen molar-refractivity contribution in [2.45, 2.75) is 0 Å². The fourth-order valence-corrected chi connectivity index (χ4v) is 2.48. The number of hydrogen-bond donors (Lipinski definition) is 0. The van der Waals surface area contributed by atoms with Crippen LogP contribution in [0.15, 0.2) is 78.9 Å². The molecular weight excluding hydrogens is 352 g/mol. The molecule has 0 heterocycles. The normalized spacial score (nSPS) is 10.2. The zero-order chi connectivity index (χ0) is 18.4. The van der Waals surface area contributed by atoms with Crippen molar-refractivity contribution in [3.63, 3.8) is 0 Å². The molecule has 0 N–H and O–H groups in total. The van der Waals surface area contributed by atoms with Crippen LogP contribution in [-0.2, 0) is 4.79 Å². The molecule has 0 saturated heterocycles. The van der Waals surface area contributed by atoms with E-state index in [0.717, 1.165) is 0 Å². The van der Waals surface area contributed by atoms with Crippen LogP contribution in [0.3, 0.4) is 0 Å². The molecule has 26 heavy (non-hydrogen) atoms. The van der Waals surface area contributed by atoms with Crippen LogP contribution in [0, 0.1) is 0 Å². The van der Waals surface area contributed by atoms with E-state index >= 15 is 0 Å². The fourth-order valence-electron chi connectivity index (χ4n) is 2.29. The highest BCUT2D eigenvalue weighted by Gasteiger charge is 2.11. The van der Waals surface area contributed by atoms with Crippen LogP contribution in [0.2, 0.25) is 5.02 Å². The number of ketones is 1. The Morgan fingerprint density at radius 3 is 2.08 bits per heavy atom. The molecule has 3 aromatic rings. The van der Waals surface area contributed by atoms with Crippen LogP contribution in [0.25, 0.3) is 0 Å². The molecule has 0 aliphatic heterocycles. The lowest BCUT2D eigenvalue weighted by Crippen LogP contribution is -2.17. The second kappa shape index (κ2) is 8.32. The Kier molecular flexibility index (Phi) is 5.66. The van der Waals surface area contributed by atoms with Crippen LogP contribution < -0.4 is 9.47 Å². The van der Waals surface area contributed by atoms with E-state index in [9.17, 15) is 9.59 Å². The van der Waals surface area contributed by atoms with Crippen LogP contribution in [-0.4, -0.2) is 18.4 Å². The van der Waals surface area contributed by atoms with Crippen molar-refractivity contribution in [1.29, 1.82) is 0 Å². The van der Waals surface area contributed by atoms with Gasteiger partial charge in [-0.05, 0) is 36.4 Å². The van der Waals surface area contributed by atoms with E-state index in [4.69, 9.17) is 21.1 Å². The smallest absolute Gasteiger partial charge is 0.349 e. The van der Waals surface area contributed by atoms with Gasteiger partial charge in [-0.15, -0.1) is 0 Å². The number of halogens is 1. The van der Waals surface area contributed by atoms with E-state index < -0.39 is 5.97 Å². The minimum atomic E-state index is -0.563. The van der Waals surface area contributed by atoms with Gasteiger partial charge in [0, 0.05) is 11.1 Å². The van der Waals surface area contributed by atoms with Gasteiger partial charge in [-0.25, -0.2) is 4.79 Å². The zero-order valence-electron chi connectivity index (χ0n) is 13.7. The van der Waals surface area contributed by atoms with E-state index in [-0.39, 0.29) is 12.4 Å². The number of para-hydroxylation sites is 1. The Bertz CT molecular complexity index is 905. The van der Waals surface area contributed by atoms with Crippen molar-refractivity contribution < 1.29 is 19.1 Å². The van der Waals surface area contributed by atoms with Gasteiger partial charge in [-0.1, -0.05) is 54.1 Å². The molecule has 0 aliphatic carbocycles. The van der Waals surface area contributed by atoms with Gasteiger partial charge in [0.05, 0.1) is 5.02 Å². The standard InChI is InChI=1S/C21H15ClO4/c22-18-8-4-5-9-19(18)25-14-20(23)26-17-12-10-16(11-13-17)21(24)15-6-2-1-3-7-15/h1-13H,14H2. The summed E-state index contributed by atoms with van der Waals surface area (Å²) in [5.41, 5.74) is 1.12. The van der Waals surface area contributed by atoms with Crippen molar-refractivity contribution in [2.75, 3.05) is 6.61 Å². The van der Waals surface area contributed by atoms with Gasteiger partial charge >= 0.3 is 5.97 Å². The third-order valence-electron chi connectivity index (χ3n) is 3.57. The Morgan fingerprint density at radius 2 is 1.38 bits per heavy atom. The number of hydrogen-bond acceptors (Lipinski definition) is 4. The quantitative estimate of drug-likeness (QED) is 0.364. The first-order valence-corrected chi connectivity index (χ1v) is 8.29. The molecule has 4 nitrogen and oxygen atoms in total. The van der Waals surface area contributed by atoms with Crippen LogP contribution in [0.4, 0.5) is 0 Å². The van der Waals surface area contributed by atoms with Gasteiger partial charge in [0.25, 0.3) is 0 Å². The molecule has 0 spiro atoms. The molecule has 0 unspecified atom stereocenters. The molecule has 0 bridgehead atoms. The van der Waals surface area contributed by atoms with Crippen molar-refractivity contribution in [2.24, 2.45) is 0 Å². The Balaban J connectivity index is 1.58. The van der Waals surface area contributed by atoms with Gasteiger partial charge in [0.2, 0.25) is 0 Å². The zero-order valence-corrected chi connectivity index (χ0v) is 14.5. The van der Waals surface area contributed by atoms with Crippen LogP contribution in [0.5, 0.6) is 11.5 Å². The summed E-state index contributed by atoms with van der Waals surface area (Å²) >= 11 is 5.96. The number of carbonyl (C=O) groups excluding carboxylic acids is 2. The van der Waals surface area contributed by atoms with Gasteiger partial charge in [-0.2, -0.15) is 0 Å². The minimum absolute atomic E-state index is 0.0921. The highest BCUT2D eigenvalue weighted by Crippen LogP contribution is 2.23. The summed E-state index contributed by atoms with van der Waals surface area (Å²) < 4.78 is 10.5. The van der Waals surface area contributed by atoms with Crippen LogP contribution in [0.1, 0.15) is 15.9 Å². The maximum atomic E-state index is 12.3.